The molecule has 0 aliphatic rings. The lowest BCUT2D eigenvalue weighted by Gasteiger charge is -2.23. The predicted octanol–water partition coefficient (Wildman–Crippen LogP) is 3.18. The van der Waals surface area contributed by atoms with E-state index in [1.165, 1.54) is 5.56 Å². The van der Waals surface area contributed by atoms with Crippen LogP contribution in [0.1, 0.15) is 24.6 Å². The number of aromatic nitrogens is 2. The van der Waals surface area contributed by atoms with Gasteiger partial charge in [-0.05, 0) is 46.5 Å². The summed E-state index contributed by atoms with van der Waals surface area (Å²) in [6.45, 7) is 7.88. The summed E-state index contributed by atoms with van der Waals surface area (Å²) in [6.07, 6.45) is 1.07. The van der Waals surface area contributed by atoms with E-state index in [1.807, 2.05) is 13.0 Å². The fourth-order valence-electron chi connectivity index (χ4n) is 2.55. The Bertz CT molecular complexity index is 612. The van der Waals surface area contributed by atoms with Crippen molar-refractivity contribution in [1.82, 2.24) is 14.9 Å². The second-order valence-corrected chi connectivity index (χ2v) is 6.27. The molecule has 0 bridgehead atoms. The molecule has 0 amide bonds. The molecule has 1 aromatic carbocycles. The number of aryl methyl sites for hydroxylation is 1. The Kier molecular flexibility index (Phi) is 7.00. The molecule has 0 radical (unpaired) electrons. The fraction of sp³-hybridized carbons (Fsp3) is 0.474. The maximum Gasteiger partial charge on any atom is 0.224 e. The Hall–Kier alpha value is -2.14. The number of nitrogens with one attached hydrogen (secondary N) is 1. The van der Waals surface area contributed by atoms with Crippen LogP contribution in [0.2, 0.25) is 0 Å². The molecule has 0 spiro atoms. The van der Waals surface area contributed by atoms with Crippen LogP contribution >= 0.6 is 0 Å². The highest BCUT2D eigenvalue weighted by molar-refractivity contribution is 5.45. The van der Waals surface area contributed by atoms with Gasteiger partial charge in [-0.3, -0.25) is 0 Å². The minimum absolute atomic E-state index is 0.718. The van der Waals surface area contributed by atoms with Crippen LogP contribution in [0.25, 0.3) is 0 Å². The summed E-state index contributed by atoms with van der Waals surface area (Å²) in [4.78, 5) is 13.7. The van der Waals surface area contributed by atoms with Crippen molar-refractivity contribution in [2.45, 2.75) is 26.8 Å². The zero-order valence-corrected chi connectivity index (χ0v) is 15.3. The third kappa shape index (κ3) is 5.81. The third-order valence-electron chi connectivity index (χ3n) is 3.83. The molecule has 24 heavy (non-hydrogen) atoms. The van der Waals surface area contributed by atoms with Crippen molar-refractivity contribution in [2.75, 3.05) is 43.9 Å². The number of hydrogen-bond donors (Lipinski definition) is 1. The molecule has 0 saturated heterocycles. The summed E-state index contributed by atoms with van der Waals surface area (Å²) >= 11 is 0. The number of nitrogens with zero attached hydrogens (tertiary/aromatic N) is 4. The van der Waals surface area contributed by atoms with Gasteiger partial charge in [-0.25, -0.2) is 4.98 Å². The minimum Gasteiger partial charge on any atom is -0.354 e. The normalized spacial score (nSPS) is 10.9. The summed E-state index contributed by atoms with van der Waals surface area (Å²) in [7, 11) is 4.17. The summed E-state index contributed by atoms with van der Waals surface area (Å²) in [6, 6.07) is 12.5. The summed E-state index contributed by atoms with van der Waals surface area (Å²) in [5, 5.41) is 3.35. The third-order valence-corrected chi connectivity index (χ3v) is 3.83. The zero-order valence-electron chi connectivity index (χ0n) is 15.3. The van der Waals surface area contributed by atoms with E-state index in [-0.39, 0.29) is 0 Å². The number of hydrogen-bond acceptors (Lipinski definition) is 5. The van der Waals surface area contributed by atoms with Crippen molar-refractivity contribution < 1.29 is 0 Å². The van der Waals surface area contributed by atoms with E-state index < -0.39 is 0 Å². The van der Waals surface area contributed by atoms with Crippen LogP contribution < -0.4 is 10.2 Å². The quantitative estimate of drug-likeness (QED) is 0.717. The number of rotatable bonds is 9. The SMILES string of the molecule is CCN(Cc1ccccc1)c1cc(C)nc(NCCCN(C)C)n1. The van der Waals surface area contributed by atoms with Crippen LogP contribution in [-0.2, 0) is 6.54 Å². The number of benzene rings is 1. The highest BCUT2D eigenvalue weighted by Crippen LogP contribution is 2.17. The van der Waals surface area contributed by atoms with Gasteiger partial charge < -0.3 is 15.1 Å². The van der Waals surface area contributed by atoms with Crippen molar-refractivity contribution in [1.29, 1.82) is 0 Å². The van der Waals surface area contributed by atoms with Crippen molar-refractivity contribution in [3.8, 4) is 0 Å². The van der Waals surface area contributed by atoms with Crippen LogP contribution in [0, 0.1) is 6.92 Å². The van der Waals surface area contributed by atoms with E-state index in [0.717, 1.165) is 50.1 Å². The zero-order chi connectivity index (χ0) is 17.4. The number of anilines is 2. The molecule has 2 rings (SSSR count). The molecule has 5 heteroatoms. The first-order chi connectivity index (χ1) is 11.6. The highest BCUT2D eigenvalue weighted by atomic mass is 15.2. The summed E-state index contributed by atoms with van der Waals surface area (Å²) in [5.74, 6) is 1.69. The van der Waals surface area contributed by atoms with Gasteiger partial charge in [0, 0.05) is 31.4 Å². The standard InChI is InChI=1S/C19H29N5/c1-5-24(15-17-10-7-6-8-11-17)18-14-16(2)21-19(22-18)20-12-9-13-23(3)4/h6-8,10-11,14H,5,9,12-13,15H2,1-4H3,(H,20,21,22). The van der Waals surface area contributed by atoms with E-state index in [2.05, 4.69) is 71.5 Å². The Morgan fingerprint density at radius 1 is 1.08 bits per heavy atom. The van der Waals surface area contributed by atoms with Crippen LogP contribution in [0.4, 0.5) is 11.8 Å². The van der Waals surface area contributed by atoms with Crippen molar-refractivity contribution in [3.63, 3.8) is 0 Å². The fourth-order valence-corrected chi connectivity index (χ4v) is 2.55. The Labute approximate surface area is 145 Å². The molecule has 2 aromatic rings. The minimum atomic E-state index is 0.718. The van der Waals surface area contributed by atoms with E-state index in [9.17, 15) is 0 Å². The van der Waals surface area contributed by atoms with Gasteiger partial charge in [-0.2, -0.15) is 4.98 Å². The van der Waals surface area contributed by atoms with Gasteiger partial charge in [0.2, 0.25) is 5.95 Å². The molecule has 0 aliphatic carbocycles. The van der Waals surface area contributed by atoms with Gasteiger partial charge in [-0.1, -0.05) is 30.3 Å². The summed E-state index contributed by atoms with van der Waals surface area (Å²) in [5.41, 5.74) is 2.28. The van der Waals surface area contributed by atoms with Crippen LogP contribution in [0.15, 0.2) is 36.4 Å². The van der Waals surface area contributed by atoms with Gasteiger partial charge in [0.25, 0.3) is 0 Å². The van der Waals surface area contributed by atoms with Gasteiger partial charge in [0.15, 0.2) is 0 Å². The molecule has 0 atom stereocenters. The molecular weight excluding hydrogens is 298 g/mol. The second-order valence-electron chi connectivity index (χ2n) is 6.27. The van der Waals surface area contributed by atoms with Crippen LogP contribution in [0.5, 0.6) is 0 Å². The maximum atomic E-state index is 4.71. The van der Waals surface area contributed by atoms with Gasteiger partial charge in [0.05, 0.1) is 0 Å². The molecule has 130 valence electrons. The average molecular weight is 327 g/mol. The largest absolute Gasteiger partial charge is 0.354 e. The highest BCUT2D eigenvalue weighted by Gasteiger charge is 2.10. The van der Waals surface area contributed by atoms with Crippen LogP contribution in [0.3, 0.4) is 0 Å². The molecule has 1 heterocycles. The predicted molar refractivity (Wildman–Crippen MR) is 102 cm³/mol. The average Bonchev–Trinajstić information content (AvgIpc) is 2.57. The molecule has 5 nitrogen and oxygen atoms in total. The molecule has 0 fully saturated rings. The monoisotopic (exact) mass is 327 g/mol. The first-order valence-electron chi connectivity index (χ1n) is 8.61. The Morgan fingerprint density at radius 3 is 2.50 bits per heavy atom. The van der Waals surface area contributed by atoms with Crippen LogP contribution in [-0.4, -0.2) is 48.6 Å². The van der Waals surface area contributed by atoms with Crippen molar-refractivity contribution >= 4 is 11.8 Å². The maximum absolute atomic E-state index is 4.71. The molecular formula is C19H29N5. The smallest absolute Gasteiger partial charge is 0.224 e. The van der Waals surface area contributed by atoms with Gasteiger partial charge in [-0.15, -0.1) is 0 Å². The first kappa shape index (κ1) is 18.2. The first-order valence-corrected chi connectivity index (χ1v) is 8.61. The molecule has 1 aromatic heterocycles. The van der Waals surface area contributed by atoms with Gasteiger partial charge in [0.1, 0.15) is 5.82 Å². The van der Waals surface area contributed by atoms with E-state index in [4.69, 9.17) is 4.98 Å². The van der Waals surface area contributed by atoms with Crippen molar-refractivity contribution in [2.24, 2.45) is 0 Å². The van der Waals surface area contributed by atoms with Gasteiger partial charge >= 0.3 is 0 Å². The Balaban J connectivity index is 2.05. The topological polar surface area (TPSA) is 44.3 Å². The lowest BCUT2D eigenvalue weighted by atomic mass is 10.2. The van der Waals surface area contributed by atoms with E-state index in [0.29, 0.717) is 0 Å². The second kappa shape index (κ2) is 9.23. The van der Waals surface area contributed by atoms with E-state index in [1.54, 1.807) is 0 Å². The summed E-state index contributed by atoms with van der Waals surface area (Å²) < 4.78 is 0. The van der Waals surface area contributed by atoms with E-state index >= 15 is 0 Å². The molecule has 1 N–H and O–H groups in total. The Morgan fingerprint density at radius 2 is 1.83 bits per heavy atom. The molecule has 0 unspecified atom stereocenters. The van der Waals surface area contributed by atoms with Crippen molar-refractivity contribution in [3.05, 3.63) is 47.7 Å². The molecule has 0 aliphatic heterocycles. The lowest BCUT2D eigenvalue weighted by molar-refractivity contribution is 0.405. The molecule has 0 saturated carbocycles. The lowest BCUT2D eigenvalue weighted by Crippen LogP contribution is -2.24.